The van der Waals surface area contributed by atoms with Gasteiger partial charge < -0.3 is 30.3 Å². The van der Waals surface area contributed by atoms with Crippen molar-refractivity contribution in [2.45, 2.75) is 0 Å². The van der Waals surface area contributed by atoms with Crippen LogP contribution in [0.1, 0.15) is 0 Å². The van der Waals surface area contributed by atoms with Gasteiger partial charge in [0.1, 0.15) is 24.6 Å². The van der Waals surface area contributed by atoms with Gasteiger partial charge in [-0.3, -0.25) is 9.59 Å². The second-order valence-electron chi connectivity index (χ2n) is 4.95. The Morgan fingerprint density at radius 1 is 0.720 bits per heavy atom. The summed E-state index contributed by atoms with van der Waals surface area (Å²) >= 11 is 0. The monoisotopic (exact) mass is 346 g/mol. The van der Waals surface area contributed by atoms with Crippen LogP contribution in [-0.4, -0.2) is 42.0 Å². The molecule has 0 bridgehead atoms. The number of anilines is 2. The van der Waals surface area contributed by atoms with Gasteiger partial charge in [-0.2, -0.15) is 0 Å². The number of hydrogen-bond acceptors (Lipinski definition) is 8. The lowest BCUT2D eigenvalue weighted by molar-refractivity contribution is -0.164. The number of phenols is 2. The predicted octanol–water partition coefficient (Wildman–Crippen LogP) is 1.67. The number of nitrogens with one attached hydrogen (secondary N) is 2. The van der Waals surface area contributed by atoms with Gasteiger partial charge in [-0.05, 0) is 48.5 Å². The molecule has 0 unspecified atom stereocenters. The molecular formula is C17H18N2O6. The molecule has 0 saturated carbocycles. The molecule has 0 atom stereocenters. The zero-order chi connectivity index (χ0) is 18.1. The lowest BCUT2D eigenvalue weighted by atomic mass is 10.3. The third kappa shape index (κ3) is 6.69. The van der Waals surface area contributed by atoms with Crippen LogP contribution in [0.4, 0.5) is 11.4 Å². The van der Waals surface area contributed by atoms with Gasteiger partial charge in [0.15, 0.2) is 0 Å². The van der Waals surface area contributed by atoms with Crippen molar-refractivity contribution in [3.8, 4) is 11.5 Å². The highest BCUT2D eigenvalue weighted by Gasteiger charge is 2.06. The zero-order valence-electron chi connectivity index (χ0n) is 13.3. The molecule has 8 heteroatoms. The Labute approximate surface area is 144 Å². The van der Waals surface area contributed by atoms with Crippen LogP contribution in [0.25, 0.3) is 0 Å². The molecule has 0 aliphatic rings. The second kappa shape index (κ2) is 9.02. The molecule has 0 amide bonds. The van der Waals surface area contributed by atoms with Gasteiger partial charge in [0.05, 0.1) is 0 Å². The van der Waals surface area contributed by atoms with Crippen molar-refractivity contribution >= 4 is 23.3 Å². The fraction of sp³-hybridized carbons (Fsp3) is 0.176. The molecule has 0 fully saturated rings. The molecule has 25 heavy (non-hydrogen) atoms. The average molecular weight is 346 g/mol. The number of hydrogen-bond donors (Lipinski definition) is 4. The van der Waals surface area contributed by atoms with Crippen LogP contribution in [0, 0.1) is 0 Å². The average Bonchev–Trinajstić information content (AvgIpc) is 2.61. The molecule has 0 saturated heterocycles. The summed E-state index contributed by atoms with van der Waals surface area (Å²) in [5.74, 6) is -0.929. The highest BCUT2D eigenvalue weighted by Crippen LogP contribution is 2.14. The van der Waals surface area contributed by atoms with E-state index >= 15 is 0 Å². The van der Waals surface area contributed by atoms with Crippen molar-refractivity contribution < 1.29 is 29.3 Å². The summed E-state index contributed by atoms with van der Waals surface area (Å²) in [6, 6.07) is 12.4. The van der Waals surface area contributed by atoms with Crippen molar-refractivity contribution in [2.24, 2.45) is 0 Å². The third-order valence-corrected chi connectivity index (χ3v) is 3.05. The maximum absolute atomic E-state index is 11.5. The van der Waals surface area contributed by atoms with Crippen LogP contribution in [0.3, 0.4) is 0 Å². The first-order valence-electron chi connectivity index (χ1n) is 7.40. The predicted molar refractivity (Wildman–Crippen MR) is 90.2 cm³/mol. The summed E-state index contributed by atoms with van der Waals surface area (Å²) in [6.45, 7) is -0.686. The van der Waals surface area contributed by atoms with Crippen LogP contribution >= 0.6 is 0 Å². The Morgan fingerprint density at radius 3 is 1.44 bits per heavy atom. The molecule has 132 valence electrons. The number of carbonyl (C=O) groups excluding carboxylic acids is 2. The van der Waals surface area contributed by atoms with Gasteiger partial charge in [-0.1, -0.05) is 0 Å². The fourth-order valence-corrected chi connectivity index (χ4v) is 1.77. The zero-order valence-corrected chi connectivity index (χ0v) is 13.3. The third-order valence-electron chi connectivity index (χ3n) is 3.05. The first-order chi connectivity index (χ1) is 12.0. The summed E-state index contributed by atoms with van der Waals surface area (Å²) in [7, 11) is 0. The van der Waals surface area contributed by atoms with E-state index in [0.29, 0.717) is 11.4 Å². The maximum atomic E-state index is 11.5. The normalized spacial score (nSPS) is 9.92. The number of esters is 2. The number of benzene rings is 2. The van der Waals surface area contributed by atoms with Crippen LogP contribution in [0.2, 0.25) is 0 Å². The molecule has 0 radical (unpaired) electrons. The highest BCUT2D eigenvalue weighted by molar-refractivity contribution is 5.76. The van der Waals surface area contributed by atoms with Gasteiger partial charge in [-0.15, -0.1) is 0 Å². The van der Waals surface area contributed by atoms with E-state index in [9.17, 15) is 9.59 Å². The van der Waals surface area contributed by atoms with Gasteiger partial charge in [0, 0.05) is 11.4 Å². The highest BCUT2D eigenvalue weighted by atomic mass is 16.7. The van der Waals surface area contributed by atoms with E-state index in [1.54, 1.807) is 24.3 Å². The fourth-order valence-electron chi connectivity index (χ4n) is 1.77. The van der Waals surface area contributed by atoms with E-state index in [1.807, 2.05) is 0 Å². The minimum atomic E-state index is -0.590. The topological polar surface area (TPSA) is 117 Å². The Kier molecular flexibility index (Phi) is 6.47. The maximum Gasteiger partial charge on any atom is 0.328 e. The van der Waals surface area contributed by atoms with Crippen molar-refractivity contribution in [1.82, 2.24) is 0 Å². The first kappa shape index (κ1) is 17.9. The Morgan fingerprint density at radius 2 is 1.08 bits per heavy atom. The summed E-state index contributed by atoms with van der Waals surface area (Å²) in [6.07, 6.45) is 0. The molecule has 2 aromatic rings. The van der Waals surface area contributed by atoms with Crippen molar-refractivity contribution in [2.75, 3.05) is 30.5 Å². The summed E-state index contributed by atoms with van der Waals surface area (Å²) in [5.41, 5.74) is 1.29. The van der Waals surface area contributed by atoms with Gasteiger partial charge >= 0.3 is 11.9 Å². The lowest BCUT2D eigenvalue weighted by Crippen LogP contribution is -2.22. The van der Waals surface area contributed by atoms with E-state index in [1.165, 1.54) is 24.3 Å². The molecule has 0 aliphatic heterocycles. The lowest BCUT2D eigenvalue weighted by Gasteiger charge is -2.09. The van der Waals surface area contributed by atoms with Crippen molar-refractivity contribution in [3.63, 3.8) is 0 Å². The largest absolute Gasteiger partial charge is 0.508 e. The number of aromatic hydroxyl groups is 2. The standard InChI is InChI=1S/C17H18N2O6/c20-14-5-1-12(2-6-14)18-9-16(22)24-11-25-17(23)10-19-13-3-7-15(21)8-4-13/h1-8,18-21H,9-11H2. The summed E-state index contributed by atoms with van der Waals surface area (Å²) < 4.78 is 9.54. The number of rotatable bonds is 8. The molecular weight excluding hydrogens is 328 g/mol. The van der Waals surface area contributed by atoms with Gasteiger partial charge in [-0.25, -0.2) is 0 Å². The van der Waals surface area contributed by atoms with E-state index in [2.05, 4.69) is 10.6 Å². The van der Waals surface area contributed by atoms with Crippen LogP contribution in [0.5, 0.6) is 11.5 Å². The second-order valence-corrected chi connectivity index (χ2v) is 4.95. The van der Waals surface area contributed by atoms with E-state index in [0.717, 1.165) is 0 Å². The van der Waals surface area contributed by atoms with Crippen molar-refractivity contribution in [1.29, 1.82) is 0 Å². The molecule has 0 aliphatic carbocycles. The molecule has 0 heterocycles. The molecule has 4 N–H and O–H groups in total. The Bertz CT molecular complexity index is 639. The minimum Gasteiger partial charge on any atom is -0.508 e. The summed E-state index contributed by atoms with van der Waals surface area (Å²) in [4.78, 5) is 23.0. The van der Waals surface area contributed by atoms with E-state index in [-0.39, 0.29) is 24.6 Å². The van der Waals surface area contributed by atoms with Crippen LogP contribution < -0.4 is 10.6 Å². The molecule has 2 aromatic carbocycles. The Hall–Kier alpha value is -3.42. The van der Waals surface area contributed by atoms with Gasteiger partial charge in [0.2, 0.25) is 6.79 Å². The van der Waals surface area contributed by atoms with Crippen molar-refractivity contribution in [3.05, 3.63) is 48.5 Å². The first-order valence-corrected chi connectivity index (χ1v) is 7.40. The summed E-state index contributed by atoms with van der Waals surface area (Å²) in [5, 5.41) is 23.9. The van der Waals surface area contributed by atoms with Gasteiger partial charge in [0.25, 0.3) is 0 Å². The number of ether oxygens (including phenoxy) is 2. The van der Waals surface area contributed by atoms with E-state index < -0.39 is 18.7 Å². The number of phenolic OH excluding ortho intramolecular Hbond substituents is 2. The quantitative estimate of drug-likeness (QED) is 0.324. The molecule has 8 nitrogen and oxygen atoms in total. The SMILES string of the molecule is O=C(CNc1ccc(O)cc1)OCOC(=O)CNc1ccc(O)cc1. The minimum absolute atomic E-state index is 0.103. The Balaban J connectivity index is 1.59. The van der Waals surface area contributed by atoms with Crippen LogP contribution in [0.15, 0.2) is 48.5 Å². The smallest absolute Gasteiger partial charge is 0.328 e. The molecule has 0 spiro atoms. The molecule has 0 aromatic heterocycles. The molecule has 2 rings (SSSR count). The number of carbonyl (C=O) groups is 2. The van der Waals surface area contributed by atoms with Crippen LogP contribution in [-0.2, 0) is 19.1 Å². The van der Waals surface area contributed by atoms with E-state index in [4.69, 9.17) is 19.7 Å².